The van der Waals surface area contributed by atoms with Crippen molar-refractivity contribution in [3.8, 4) is 11.4 Å². The molecule has 0 radical (unpaired) electrons. The number of fused-ring (bicyclic) bond motifs is 1. The number of aromatic amines is 2. The second-order valence-electron chi connectivity index (χ2n) is 4.23. The van der Waals surface area contributed by atoms with E-state index in [0.717, 1.165) is 22.4 Å². The van der Waals surface area contributed by atoms with Gasteiger partial charge in [0.1, 0.15) is 5.82 Å². The quantitative estimate of drug-likeness (QED) is 0.550. The van der Waals surface area contributed by atoms with Gasteiger partial charge in [-0.15, -0.1) is 0 Å². The Morgan fingerprint density at radius 2 is 1.65 bits per heavy atom. The topological polar surface area (TPSA) is 57.4 Å². The maximum absolute atomic E-state index is 4.53. The number of aromatic nitrogens is 4. The zero-order chi connectivity index (χ0) is 13.6. The summed E-state index contributed by atoms with van der Waals surface area (Å²) in [6.07, 6.45) is 5.08. The number of hydrogen-bond donors (Lipinski definition) is 2. The fourth-order valence-electron chi connectivity index (χ4n) is 1.90. The average Bonchev–Trinajstić information content (AvgIpc) is 3.20. The van der Waals surface area contributed by atoms with Crippen LogP contribution in [0.25, 0.3) is 22.4 Å². The molecule has 2 N–H and O–H groups in total. The molecule has 0 atom stereocenters. The van der Waals surface area contributed by atoms with Crippen LogP contribution in [0.1, 0.15) is 0 Å². The van der Waals surface area contributed by atoms with E-state index in [4.69, 9.17) is 0 Å². The number of nitrogens with one attached hydrogen (secondary N) is 2. The van der Waals surface area contributed by atoms with E-state index < -0.39 is 0 Å². The van der Waals surface area contributed by atoms with Crippen molar-refractivity contribution in [3.05, 3.63) is 73.3 Å². The van der Waals surface area contributed by atoms with E-state index in [0.29, 0.717) is 0 Å². The lowest BCUT2D eigenvalue weighted by Gasteiger charge is -1.93. The van der Waals surface area contributed by atoms with Gasteiger partial charge in [0.2, 0.25) is 0 Å². The third kappa shape index (κ3) is 2.75. The zero-order valence-electron chi connectivity index (χ0n) is 10.8. The van der Waals surface area contributed by atoms with Gasteiger partial charge in [0.25, 0.3) is 0 Å². The zero-order valence-corrected chi connectivity index (χ0v) is 10.8. The Hall–Kier alpha value is -2.88. The second kappa shape index (κ2) is 5.84. The molecule has 4 nitrogen and oxygen atoms in total. The van der Waals surface area contributed by atoms with Gasteiger partial charge in [-0.1, -0.05) is 42.5 Å². The van der Waals surface area contributed by atoms with Crippen LogP contribution in [0.2, 0.25) is 0 Å². The molecular weight excluding hydrogens is 248 g/mol. The summed E-state index contributed by atoms with van der Waals surface area (Å²) in [6.45, 7) is 0. The standard InChI is InChI=1S/C13H10N2.C3H4N2/c1-2-6-10(7-3-1)13-14-11-8-4-5-9-12(11)15-13;1-2-5-3-4-1/h1-9H,(H,14,15);1-3H,(H,4,5). The molecule has 0 spiro atoms. The van der Waals surface area contributed by atoms with E-state index >= 15 is 0 Å². The summed E-state index contributed by atoms with van der Waals surface area (Å²) in [5.74, 6) is 0.928. The first-order chi connectivity index (χ1) is 9.93. The summed E-state index contributed by atoms with van der Waals surface area (Å²) < 4.78 is 0. The second-order valence-corrected chi connectivity index (χ2v) is 4.23. The van der Waals surface area contributed by atoms with Crippen LogP contribution in [0.5, 0.6) is 0 Å². The van der Waals surface area contributed by atoms with Crippen molar-refractivity contribution in [1.82, 2.24) is 19.9 Å². The minimum Gasteiger partial charge on any atom is -0.351 e. The van der Waals surface area contributed by atoms with Gasteiger partial charge < -0.3 is 9.97 Å². The Morgan fingerprint density at radius 3 is 2.30 bits per heavy atom. The van der Waals surface area contributed by atoms with Crippen molar-refractivity contribution < 1.29 is 0 Å². The summed E-state index contributed by atoms with van der Waals surface area (Å²) in [7, 11) is 0. The van der Waals surface area contributed by atoms with Gasteiger partial charge in [-0.25, -0.2) is 9.97 Å². The average molecular weight is 262 g/mol. The number of nitrogens with zero attached hydrogens (tertiary/aromatic N) is 2. The van der Waals surface area contributed by atoms with Crippen LogP contribution in [-0.2, 0) is 0 Å². The summed E-state index contributed by atoms with van der Waals surface area (Å²) in [6, 6.07) is 18.2. The highest BCUT2D eigenvalue weighted by molar-refractivity contribution is 5.79. The molecule has 0 saturated carbocycles. The highest BCUT2D eigenvalue weighted by atomic mass is 14.9. The maximum Gasteiger partial charge on any atom is 0.138 e. The van der Waals surface area contributed by atoms with Gasteiger partial charge in [-0.2, -0.15) is 0 Å². The van der Waals surface area contributed by atoms with Gasteiger partial charge in [0.15, 0.2) is 0 Å². The lowest BCUT2D eigenvalue weighted by molar-refractivity contribution is 1.31. The van der Waals surface area contributed by atoms with Gasteiger partial charge in [0.05, 0.1) is 17.4 Å². The minimum atomic E-state index is 0.928. The van der Waals surface area contributed by atoms with Gasteiger partial charge in [-0.05, 0) is 12.1 Å². The maximum atomic E-state index is 4.53. The number of benzene rings is 2. The summed E-state index contributed by atoms with van der Waals surface area (Å²) in [5, 5.41) is 0. The van der Waals surface area contributed by atoms with Crippen LogP contribution in [0, 0.1) is 0 Å². The lowest BCUT2D eigenvalue weighted by Crippen LogP contribution is -1.77. The molecule has 2 aromatic heterocycles. The van der Waals surface area contributed by atoms with E-state index in [2.05, 4.69) is 32.1 Å². The van der Waals surface area contributed by atoms with Gasteiger partial charge >= 0.3 is 0 Å². The molecule has 0 amide bonds. The normalized spacial score (nSPS) is 10.0. The molecule has 0 bridgehead atoms. The number of rotatable bonds is 1. The van der Waals surface area contributed by atoms with E-state index in [1.165, 1.54) is 0 Å². The van der Waals surface area contributed by atoms with Crippen molar-refractivity contribution in [3.63, 3.8) is 0 Å². The molecule has 20 heavy (non-hydrogen) atoms. The minimum absolute atomic E-state index is 0.928. The summed E-state index contributed by atoms with van der Waals surface area (Å²) in [4.78, 5) is 14.2. The Labute approximate surface area is 116 Å². The van der Waals surface area contributed by atoms with E-state index in [1.54, 1.807) is 18.7 Å². The van der Waals surface area contributed by atoms with Crippen LogP contribution in [0.4, 0.5) is 0 Å². The van der Waals surface area contributed by atoms with Crippen LogP contribution in [-0.4, -0.2) is 19.9 Å². The SMILES string of the molecule is c1c[nH]cn1.c1ccc(-c2nc3ccccc3[nH]2)cc1. The monoisotopic (exact) mass is 262 g/mol. The molecule has 2 aromatic carbocycles. The van der Waals surface area contributed by atoms with Crippen LogP contribution < -0.4 is 0 Å². The van der Waals surface area contributed by atoms with Crippen molar-refractivity contribution >= 4 is 11.0 Å². The predicted octanol–water partition coefficient (Wildman–Crippen LogP) is 3.64. The van der Waals surface area contributed by atoms with Crippen molar-refractivity contribution in [2.45, 2.75) is 0 Å². The molecule has 2 heterocycles. The molecule has 0 aliphatic carbocycles. The molecular formula is C16H14N4. The highest BCUT2D eigenvalue weighted by Crippen LogP contribution is 2.19. The van der Waals surface area contributed by atoms with Crippen molar-refractivity contribution in [2.75, 3.05) is 0 Å². The Bertz CT molecular complexity index is 707. The molecule has 0 aliphatic rings. The fraction of sp³-hybridized carbons (Fsp3) is 0. The van der Waals surface area contributed by atoms with Crippen LogP contribution in [0.15, 0.2) is 73.3 Å². The first-order valence-electron chi connectivity index (χ1n) is 6.36. The number of para-hydroxylation sites is 2. The molecule has 98 valence electrons. The fourth-order valence-corrected chi connectivity index (χ4v) is 1.90. The van der Waals surface area contributed by atoms with Gasteiger partial charge in [-0.3, -0.25) is 0 Å². The van der Waals surface area contributed by atoms with Crippen molar-refractivity contribution in [1.29, 1.82) is 0 Å². The molecule has 4 heteroatoms. The van der Waals surface area contributed by atoms with Gasteiger partial charge in [0, 0.05) is 18.0 Å². The predicted molar refractivity (Wildman–Crippen MR) is 80.1 cm³/mol. The van der Waals surface area contributed by atoms with Crippen molar-refractivity contribution in [2.24, 2.45) is 0 Å². The third-order valence-electron chi connectivity index (χ3n) is 2.84. The lowest BCUT2D eigenvalue weighted by atomic mass is 10.2. The number of imidazole rings is 2. The van der Waals surface area contributed by atoms with E-state index in [-0.39, 0.29) is 0 Å². The highest BCUT2D eigenvalue weighted by Gasteiger charge is 2.02. The number of H-pyrrole nitrogens is 2. The van der Waals surface area contributed by atoms with E-state index in [9.17, 15) is 0 Å². The summed E-state index contributed by atoms with van der Waals surface area (Å²) in [5.41, 5.74) is 3.21. The molecule has 0 fully saturated rings. The molecule has 4 aromatic rings. The Balaban J connectivity index is 0.000000205. The Morgan fingerprint density at radius 1 is 0.850 bits per heavy atom. The largest absolute Gasteiger partial charge is 0.351 e. The van der Waals surface area contributed by atoms with E-state index in [1.807, 2.05) is 42.5 Å². The molecule has 0 unspecified atom stereocenters. The van der Waals surface area contributed by atoms with Crippen LogP contribution in [0.3, 0.4) is 0 Å². The molecule has 0 aliphatic heterocycles. The number of hydrogen-bond acceptors (Lipinski definition) is 2. The third-order valence-corrected chi connectivity index (χ3v) is 2.84. The Kier molecular flexibility index (Phi) is 3.55. The first-order valence-corrected chi connectivity index (χ1v) is 6.36. The summed E-state index contributed by atoms with van der Waals surface area (Å²) >= 11 is 0. The first kappa shape index (κ1) is 12.2. The van der Waals surface area contributed by atoms with Crippen LogP contribution >= 0.6 is 0 Å². The smallest absolute Gasteiger partial charge is 0.138 e. The molecule has 0 saturated heterocycles. The molecule has 4 rings (SSSR count).